The highest BCUT2D eigenvalue weighted by Gasteiger charge is 2.15. The van der Waals surface area contributed by atoms with Crippen molar-refractivity contribution in [3.63, 3.8) is 0 Å². The predicted octanol–water partition coefficient (Wildman–Crippen LogP) is 4.87. The van der Waals surface area contributed by atoms with Crippen LogP contribution in [0.15, 0.2) is 47.3 Å². The second-order valence-electron chi connectivity index (χ2n) is 5.33. The van der Waals surface area contributed by atoms with Crippen LogP contribution < -0.4 is 5.56 Å². The van der Waals surface area contributed by atoms with Crippen LogP contribution in [0.1, 0.15) is 19.0 Å². The van der Waals surface area contributed by atoms with E-state index >= 15 is 0 Å². The lowest BCUT2D eigenvalue weighted by Gasteiger charge is -2.15. The molecule has 0 saturated heterocycles. The molecule has 118 valence electrons. The Morgan fingerprint density at radius 2 is 1.91 bits per heavy atom. The Kier molecular flexibility index (Phi) is 4.18. The zero-order chi connectivity index (χ0) is 16.6. The highest BCUT2D eigenvalue weighted by Crippen LogP contribution is 2.26. The molecule has 1 aromatic heterocycles. The fraction of sp³-hybridized carbons (Fsp3) is 0.167. The van der Waals surface area contributed by atoms with E-state index in [9.17, 15) is 13.6 Å². The fourth-order valence-electron chi connectivity index (χ4n) is 2.73. The molecule has 0 aliphatic heterocycles. The summed E-state index contributed by atoms with van der Waals surface area (Å²) in [5.74, 6) is -1.09. The zero-order valence-corrected chi connectivity index (χ0v) is 13.2. The van der Waals surface area contributed by atoms with E-state index in [2.05, 4.69) is 0 Å². The van der Waals surface area contributed by atoms with Crippen molar-refractivity contribution in [1.82, 2.24) is 4.57 Å². The summed E-state index contributed by atoms with van der Waals surface area (Å²) in [7, 11) is 0. The minimum atomic E-state index is -0.648. The number of hydrogen-bond acceptors (Lipinski definition) is 1. The summed E-state index contributed by atoms with van der Waals surface area (Å²) in [6.45, 7) is 1.99. The topological polar surface area (TPSA) is 22.0 Å². The number of rotatable bonds is 3. The summed E-state index contributed by atoms with van der Waals surface area (Å²) in [5, 5.41) is 0.481. The van der Waals surface area contributed by atoms with Gasteiger partial charge in [0, 0.05) is 5.69 Å². The average Bonchev–Trinajstić information content (AvgIpc) is 2.51. The first-order valence-corrected chi connectivity index (χ1v) is 7.69. The van der Waals surface area contributed by atoms with Crippen LogP contribution in [0.4, 0.5) is 8.78 Å². The molecule has 23 heavy (non-hydrogen) atoms. The Bertz CT molecular complexity index is 950. The van der Waals surface area contributed by atoms with Crippen LogP contribution in [0.25, 0.3) is 16.5 Å². The molecule has 0 fully saturated rings. The molecule has 0 atom stereocenters. The summed E-state index contributed by atoms with van der Waals surface area (Å²) in [6.07, 6.45) is 1.45. The van der Waals surface area contributed by atoms with Crippen molar-refractivity contribution in [3.8, 4) is 5.69 Å². The molecule has 0 N–H and O–H groups in total. The Morgan fingerprint density at radius 3 is 2.61 bits per heavy atom. The smallest absolute Gasteiger partial charge is 0.264 e. The van der Waals surface area contributed by atoms with E-state index in [1.54, 1.807) is 12.1 Å². The van der Waals surface area contributed by atoms with Crippen molar-refractivity contribution in [2.24, 2.45) is 0 Å². The van der Waals surface area contributed by atoms with Gasteiger partial charge in [-0.15, -0.1) is 0 Å². The molecule has 0 aliphatic rings. The van der Waals surface area contributed by atoms with Gasteiger partial charge in [0.25, 0.3) is 5.56 Å². The van der Waals surface area contributed by atoms with Crippen LogP contribution in [0.2, 0.25) is 5.02 Å². The first-order valence-electron chi connectivity index (χ1n) is 7.31. The normalized spacial score (nSPS) is 11.1. The summed E-state index contributed by atoms with van der Waals surface area (Å²) in [4.78, 5) is 12.9. The quantitative estimate of drug-likeness (QED) is 0.670. The number of benzene rings is 2. The molecule has 2 nitrogen and oxygen atoms in total. The van der Waals surface area contributed by atoms with Crippen molar-refractivity contribution >= 4 is 22.4 Å². The van der Waals surface area contributed by atoms with Crippen LogP contribution in [0.3, 0.4) is 0 Å². The maximum Gasteiger partial charge on any atom is 0.264 e. The van der Waals surface area contributed by atoms with Gasteiger partial charge in [-0.1, -0.05) is 37.1 Å². The Balaban J connectivity index is 2.43. The van der Waals surface area contributed by atoms with Gasteiger partial charge >= 0.3 is 0 Å². The third kappa shape index (κ3) is 2.75. The molecule has 0 bridgehead atoms. The lowest BCUT2D eigenvalue weighted by Crippen LogP contribution is -2.22. The third-order valence-corrected chi connectivity index (χ3v) is 4.10. The fourth-order valence-corrected chi connectivity index (χ4v) is 2.98. The molecule has 0 radical (unpaired) electrons. The van der Waals surface area contributed by atoms with Gasteiger partial charge in [-0.3, -0.25) is 9.36 Å². The van der Waals surface area contributed by atoms with Crippen molar-refractivity contribution < 1.29 is 8.78 Å². The van der Waals surface area contributed by atoms with Gasteiger partial charge in [0.15, 0.2) is 0 Å². The van der Waals surface area contributed by atoms with Crippen LogP contribution in [0.5, 0.6) is 0 Å². The molecule has 2 aromatic carbocycles. The predicted molar refractivity (Wildman–Crippen MR) is 88.5 cm³/mol. The largest absolute Gasteiger partial charge is 0.281 e. The molecule has 0 spiro atoms. The number of hydrogen-bond donors (Lipinski definition) is 0. The first kappa shape index (κ1) is 15.7. The molecular formula is C18H14ClF2NO. The maximum atomic E-state index is 13.7. The van der Waals surface area contributed by atoms with Crippen molar-refractivity contribution in [3.05, 3.63) is 75.2 Å². The highest BCUT2D eigenvalue weighted by atomic mass is 35.5. The van der Waals surface area contributed by atoms with Crippen LogP contribution in [-0.4, -0.2) is 4.57 Å². The molecule has 0 amide bonds. The number of aromatic nitrogens is 1. The monoisotopic (exact) mass is 333 g/mol. The maximum absolute atomic E-state index is 13.7. The molecule has 0 aliphatic carbocycles. The van der Waals surface area contributed by atoms with E-state index < -0.39 is 17.2 Å². The van der Waals surface area contributed by atoms with Crippen molar-refractivity contribution in [1.29, 1.82) is 0 Å². The molecule has 0 saturated carbocycles. The van der Waals surface area contributed by atoms with Gasteiger partial charge in [-0.25, -0.2) is 8.78 Å². The second kappa shape index (κ2) is 6.13. The summed E-state index contributed by atoms with van der Waals surface area (Å²) >= 11 is 5.99. The molecule has 5 heteroatoms. The Labute approximate surface area is 136 Å². The van der Waals surface area contributed by atoms with Gasteiger partial charge in [-0.05, 0) is 42.1 Å². The lowest BCUT2D eigenvalue weighted by atomic mass is 10.1. The first-order chi connectivity index (χ1) is 11.0. The van der Waals surface area contributed by atoms with Crippen LogP contribution >= 0.6 is 11.6 Å². The SMILES string of the molecule is CCCc1cc2ccc(F)c(Cl)c2c(=O)n1-c1cccc(F)c1. The molecule has 1 heterocycles. The van der Waals surface area contributed by atoms with E-state index in [0.29, 0.717) is 17.5 Å². The van der Waals surface area contributed by atoms with Crippen molar-refractivity contribution in [2.75, 3.05) is 0 Å². The number of aryl methyl sites for hydroxylation is 1. The standard InChI is InChI=1S/C18H14ClF2NO/c1-2-4-13-9-11-7-8-15(21)17(19)16(11)18(23)22(13)14-6-3-5-12(20)10-14/h3,5-10H,2,4H2,1H3. The molecule has 3 aromatic rings. The lowest BCUT2D eigenvalue weighted by molar-refractivity contribution is 0.625. The van der Waals surface area contributed by atoms with Crippen molar-refractivity contribution in [2.45, 2.75) is 19.8 Å². The van der Waals surface area contributed by atoms with E-state index in [1.165, 1.54) is 34.9 Å². The Hall–Kier alpha value is -2.20. The van der Waals surface area contributed by atoms with E-state index in [1.807, 2.05) is 6.92 Å². The van der Waals surface area contributed by atoms with Crippen LogP contribution in [-0.2, 0) is 6.42 Å². The number of pyridine rings is 1. The van der Waals surface area contributed by atoms with E-state index in [0.717, 1.165) is 12.1 Å². The zero-order valence-electron chi connectivity index (χ0n) is 12.4. The van der Waals surface area contributed by atoms with E-state index in [-0.39, 0.29) is 10.4 Å². The molecule has 3 rings (SSSR count). The average molecular weight is 334 g/mol. The Morgan fingerprint density at radius 1 is 1.13 bits per heavy atom. The van der Waals surface area contributed by atoms with E-state index in [4.69, 9.17) is 11.6 Å². The minimum Gasteiger partial charge on any atom is -0.281 e. The summed E-state index contributed by atoms with van der Waals surface area (Å²) < 4.78 is 28.7. The molecular weight excluding hydrogens is 320 g/mol. The molecule has 0 unspecified atom stereocenters. The summed E-state index contributed by atoms with van der Waals surface area (Å²) in [5.41, 5.74) is 0.694. The van der Waals surface area contributed by atoms with Gasteiger partial charge in [-0.2, -0.15) is 0 Å². The van der Waals surface area contributed by atoms with Gasteiger partial charge in [0.05, 0.1) is 16.1 Å². The number of nitrogens with zero attached hydrogens (tertiary/aromatic N) is 1. The third-order valence-electron chi connectivity index (χ3n) is 3.73. The van der Waals surface area contributed by atoms with Gasteiger partial charge in [0.2, 0.25) is 0 Å². The van der Waals surface area contributed by atoms with Crippen LogP contribution in [0, 0.1) is 11.6 Å². The summed E-state index contributed by atoms with van der Waals surface area (Å²) in [6, 6.07) is 10.3. The van der Waals surface area contributed by atoms with Gasteiger partial charge < -0.3 is 0 Å². The van der Waals surface area contributed by atoms with Gasteiger partial charge in [0.1, 0.15) is 11.6 Å². The minimum absolute atomic E-state index is 0.107. The highest BCUT2D eigenvalue weighted by molar-refractivity contribution is 6.35. The number of fused-ring (bicyclic) bond motifs is 1. The second-order valence-corrected chi connectivity index (χ2v) is 5.71. The number of halogens is 3.